The topological polar surface area (TPSA) is 224 Å². The van der Waals surface area contributed by atoms with Gasteiger partial charge in [-0.2, -0.15) is 5.26 Å². The molecule has 3 N–H and O–H groups in total. The van der Waals surface area contributed by atoms with Gasteiger partial charge in [-0.25, -0.2) is 24.4 Å². The molecule has 5 rings (SSSR count). The fourth-order valence-electron chi connectivity index (χ4n) is 6.61. The Balaban J connectivity index is 1.13. The van der Waals surface area contributed by atoms with E-state index in [0.717, 1.165) is 6.42 Å². The second-order valence-electron chi connectivity index (χ2n) is 13.8. The predicted octanol–water partition coefficient (Wildman–Crippen LogP) is 1.80. The number of aryl methyl sites for hydroxylation is 1. The molecule has 18 nitrogen and oxygen atoms in total. The molecule has 4 heterocycles. The molecule has 54 heavy (non-hydrogen) atoms. The molecule has 0 radical (unpaired) electrons. The molecule has 0 bridgehead atoms. The van der Waals surface area contributed by atoms with Gasteiger partial charge in [-0.3, -0.25) is 9.36 Å². The number of amides is 3. The molecule has 18 heteroatoms. The third-order valence-corrected chi connectivity index (χ3v) is 9.95. The minimum atomic E-state index is -1.63. The van der Waals surface area contributed by atoms with Crippen molar-refractivity contribution < 1.29 is 48.7 Å². The summed E-state index contributed by atoms with van der Waals surface area (Å²) in [7, 11) is 5.08. The monoisotopic (exact) mass is 750 g/mol. The summed E-state index contributed by atoms with van der Waals surface area (Å²) in [5.41, 5.74) is 1.72. The van der Waals surface area contributed by atoms with E-state index in [-0.39, 0.29) is 56.4 Å². The van der Waals surface area contributed by atoms with E-state index in [2.05, 4.69) is 16.9 Å². The van der Waals surface area contributed by atoms with Gasteiger partial charge >= 0.3 is 18.1 Å². The van der Waals surface area contributed by atoms with Crippen LogP contribution in [0, 0.1) is 24.2 Å². The van der Waals surface area contributed by atoms with Crippen molar-refractivity contribution in [3.63, 3.8) is 0 Å². The summed E-state index contributed by atoms with van der Waals surface area (Å²) in [5, 5.41) is 38.8. The van der Waals surface area contributed by atoms with Gasteiger partial charge in [0.05, 0.1) is 23.6 Å². The highest BCUT2D eigenvalue weighted by atomic mass is 16.7. The van der Waals surface area contributed by atoms with Gasteiger partial charge in [0.15, 0.2) is 11.8 Å². The number of hydrogen-bond donors (Lipinski definition) is 3. The number of rotatable bonds is 11. The number of anilines is 1. The van der Waals surface area contributed by atoms with Crippen LogP contribution < -0.4 is 9.64 Å². The molecule has 290 valence electrons. The van der Waals surface area contributed by atoms with Crippen LogP contribution in [0.1, 0.15) is 37.3 Å². The van der Waals surface area contributed by atoms with Gasteiger partial charge in [-0.1, -0.05) is 13.0 Å². The number of hydrogen-bond acceptors (Lipinski definition) is 13. The first kappa shape index (κ1) is 39.7. The Kier molecular flexibility index (Phi) is 12.6. The van der Waals surface area contributed by atoms with E-state index in [9.17, 15) is 34.5 Å². The van der Waals surface area contributed by atoms with Gasteiger partial charge < -0.3 is 49.1 Å². The first-order valence-electron chi connectivity index (χ1n) is 17.5. The second kappa shape index (κ2) is 17.1. The number of carboxylic acid groups (broad SMARTS) is 1. The van der Waals surface area contributed by atoms with Gasteiger partial charge in [0.2, 0.25) is 12.2 Å². The molecule has 0 unspecified atom stereocenters. The number of likely N-dealkylation sites (N-methyl/N-ethyl adjacent to an activating group) is 3. The molecule has 2 aromatic heterocycles. The third-order valence-electron chi connectivity index (χ3n) is 9.95. The fraction of sp³-hybridized carbons (Fsp3) is 0.528. The van der Waals surface area contributed by atoms with Crippen LogP contribution in [0.15, 0.2) is 36.8 Å². The maximum absolute atomic E-state index is 13.5. The number of aliphatic carboxylic acids is 1. The molecular weight excluding hydrogens is 704 g/mol. The zero-order valence-electron chi connectivity index (χ0n) is 30.9. The summed E-state index contributed by atoms with van der Waals surface area (Å²) in [6, 6.07) is 8.30. The first-order chi connectivity index (χ1) is 25.7. The molecule has 0 spiro atoms. The van der Waals surface area contributed by atoms with Crippen LogP contribution in [-0.2, 0) is 25.7 Å². The van der Waals surface area contributed by atoms with Gasteiger partial charge in [0.1, 0.15) is 37.0 Å². The quantitative estimate of drug-likeness (QED) is 0.254. The van der Waals surface area contributed by atoms with E-state index in [0.29, 0.717) is 46.8 Å². The summed E-state index contributed by atoms with van der Waals surface area (Å²) in [5.74, 6) is -0.371. The van der Waals surface area contributed by atoms with Crippen molar-refractivity contribution >= 4 is 40.9 Å². The Morgan fingerprint density at radius 1 is 1.09 bits per heavy atom. The Bertz CT molecular complexity index is 1900. The van der Waals surface area contributed by atoms with Gasteiger partial charge in [-0.05, 0) is 48.6 Å². The van der Waals surface area contributed by atoms with Crippen LogP contribution in [0.5, 0.6) is 5.75 Å². The largest absolute Gasteiger partial charge is 0.479 e. The lowest BCUT2D eigenvalue weighted by atomic mass is 9.92. The van der Waals surface area contributed by atoms with Gasteiger partial charge in [-0.15, -0.1) is 0 Å². The number of nitrogens with zero attached hydrogens (tertiary/aromatic N) is 8. The Labute approximate surface area is 312 Å². The highest BCUT2D eigenvalue weighted by Crippen LogP contribution is 2.30. The number of carboxylic acids is 1. The molecule has 2 aliphatic heterocycles. The van der Waals surface area contributed by atoms with Crippen LogP contribution >= 0.6 is 0 Å². The molecule has 3 amide bonds. The normalized spacial score (nSPS) is 22.6. The van der Waals surface area contributed by atoms with E-state index in [1.807, 2.05) is 18.0 Å². The number of aromatic nitrogens is 3. The second-order valence-corrected chi connectivity index (χ2v) is 13.8. The fourth-order valence-corrected chi connectivity index (χ4v) is 6.61. The Morgan fingerprint density at radius 3 is 2.54 bits per heavy atom. The van der Waals surface area contributed by atoms with Crippen molar-refractivity contribution in [2.75, 3.05) is 52.2 Å². The van der Waals surface area contributed by atoms with E-state index < -0.39 is 36.7 Å². The summed E-state index contributed by atoms with van der Waals surface area (Å²) < 4.78 is 18.0. The van der Waals surface area contributed by atoms with E-state index in [1.54, 1.807) is 56.4 Å². The zero-order chi connectivity index (χ0) is 39.3. The van der Waals surface area contributed by atoms with Crippen LogP contribution in [0.2, 0.25) is 0 Å². The lowest BCUT2D eigenvalue weighted by Crippen LogP contribution is -2.53. The van der Waals surface area contributed by atoms with Crippen molar-refractivity contribution in [1.29, 1.82) is 5.26 Å². The molecule has 3 aromatic rings. The van der Waals surface area contributed by atoms with Crippen molar-refractivity contribution in [2.45, 2.75) is 70.4 Å². The molecule has 2 fully saturated rings. The molecule has 2 aliphatic rings. The maximum atomic E-state index is 13.5. The highest BCUT2D eigenvalue weighted by Gasteiger charge is 2.42. The van der Waals surface area contributed by atoms with Gasteiger partial charge in [0, 0.05) is 59.9 Å². The summed E-state index contributed by atoms with van der Waals surface area (Å²) in [6.07, 6.45) is -2.70. The summed E-state index contributed by atoms with van der Waals surface area (Å²) in [6.45, 7) is 5.23. The molecule has 1 aromatic carbocycles. The molecule has 2 saturated heterocycles. The van der Waals surface area contributed by atoms with Crippen molar-refractivity contribution in [3.05, 3.63) is 47.9 Å². The molecular formula is C36H46N8O10. The highest BCUT2D eigenvalue weighted by molar-refractivity contribution is 5.95. The number of aliphatic hydroxyl groups is 2. The van der Waals surface area contributed by atoms with Crippen molar-refractivity contribution in [3.8, 4) is 11.8 Å². The van der Waals surface area contributed by atoms with Crippen molar-refractivity contribution in [2.24, 2.45) is 5.92 Å². The Morgan fingerprint density at radius 2 is 1.83 bits per heavy atom. The summed E-state index contributed by atoms with van der Waals surface area (Å²) in [4.78, 5) is 65.6. The van der Waals surface area contributed by atoms with Crippen LogP contribution in [-0.4, -0.2) is 147 Å². The number of aliphatic hydroxyl groups excluding tert-OH is 2. The predicted molar refractivity (Wildman–Crippen MR) is 191 cm³/mol. The first-order valence-corrected chi connectivity index (χ1v) is 17.5. The lowest BCUT2D eigenvalue weighted by molar-refractivity contribution is -0.228. The number of likely N-dealkylation sites (tertiary alicyclic amines) is 1. The Hall–Kier alpha value is -5.51. The SMILES string of the molecule is Cc1cc(COC(=O)N(C)CCN(C)C(=O)n2ccc3c(N(C)[C@H]4CN(C(=O)CC#N)CC[C@H]4C)ncnc32)ccc1O[C@H]1C[C@@H](O)[C@H](O)[C@@H](C(=O)O)O1. The number of piperidine rings is 1. The van der Waals surface area contributed by atoms with Crippen molar-refractivity contribution in [1.82, 2.24) is 29.2 Å². The van der Waals surface area contributed by atoms with Crippen LogP contribution in [0.3, 0.4) is 0 Å². The number of carbonyl (C=O) groups excluding carboxylic acids is 3. The molecule has 6 atom stereocenters. The van der Waals surface area contributed by atoms with E-state index >= 15 is 0 Å². The minimum absolute atomic E-state index is 0.0509. The van der Waals surface area contributed by atoms with Gasteiger partial charge in [0.25, 0.3) is 0 Å². The maximum Gasteiger partial charge on any atom is 0.409 e. The van der Waals surface area contributed by atoms with Crippen LogP contribution in [0.25, 0.3) is 11.0 Å². The number of ether oxygens (including phenoxy) is 3. The molecule has 0 aliphatic carbocycles. The standard InChI is InChI=1S/C36H46N8O10/c1-21-9-12-43(28(46)8-11-37)18-25(21)42(5)32-24-10-13-44(33(24)39-20-38-32)35(50)40(3)14-15-41(4)36(51)52-19-23-6-7-27(22(2)16-23)53-29-17-26(45)30(47)31(54-29)34(48)49/h6-7,10,13,16,20-21,25-26,29-31,45,47H,8-9,12,14-15,17-19H2,1-5H3,(H,48,49)/t21-,25+,26-,29-,30+,31+/m1/s1. The smallest absolute Gasteiger partial charge is 0.409 e. The van der Waals surface area contributed by atoms with E-state index in [4.69, 9.17) is 19.5 Å². The molecule has 0 saturated carbocycles. The van der Waals surface area contributed by atoms with E-state index in [1.165, 1.54) is 20.7 Å². The number of fused-ring (bicyclic) bond motifs is 1. The average molecular weight is 751 g/mol. The van der Waals surface area contributed by atoms with Crippen LogP contribution in [0.4, 0.5) is 15.4 Å². The average Bonchev–Trinajstić information content (AvgIpc) is 3.59. The number of benzene rings is 1. The lowest BCUT2D eigenvalue weighted by Gasteiger charge is -2.42. The third kappa shape index (κ3) is 8.81. The zero-order valence-corrected chi connectivity index (χ0v) is 30.9. The number of carbonyl (C=O) groups is 4. The summed E-state index contributed by atoms with van der Waals surface area (Å²) >= 11 is 0. The number of nitriles is 1. The minimum Gasteiger partial charge on any atom is -0.479 e.